The van der Waals surface area contributed by atoms with E-state index in [0.29, 0.717) is 6.42 Å². The minimum atomic E-state index is -0.877. The first-order chi connectivity index (χ1) is 11.2. The molecule has 1 aliphatic heterocycles. The number of ether oxygens (including phenoxy) is 1. The molecule has 1 heterocycles. The molecule has 136 valence electrons. The molecule has 0 spiro atoms. The van der Waals surface area contributed by atoms with Crippen LogP contribution >= 0.6 is 0 Å². The Morgan fingerprint density at radius 1 is 0.826 bits per heavy atom. The number of cyclic esters (lactones) is 1. The normalized spacial score (nSPS) is 21.4. The minimum Gasteiger partial charge on any atom is -0.460 e. The van der Waals surface area contributed by atoms with Crippen molar-refractivity contribution in [3.8, 4) is 0 Å². The highest BCUT2D eigenvalue weighted by molar-refractivity contribution is 5.75. The summed E-state index contributed by atoms with van der Waals surface area (Å²) in [5.41, 5.74) is 0. The molecule has 0 aromatic heterocycles. The summed E-state index contributed by atoms with van der Waals surface area (Å²) in [5.74, 6) is -0.420. The van der Waals surface area contributed by atoms with Crippen LogP contribution in [0.15, 0.2) is 0 Å². The van der Waals surface area contributed by atoms with Gasteiger partial charge in [0.2, 0.25) is 0 Å². The zero-order valence-corrected chi connectivity index (χ0v) is 15.2. The first-order valence-electron chi connectivity index (χ1n) is 10.1. The monoisotopic (exact) mass is 326 g/mol. The van der Waals surface area contributed by atoms with Crippen molar-refractivity contribution in [3.63, 3.8) is 0 Å². The number of rotatable bonds is 14. The van der Waals surface area contributed by atoms with E-state index in [2.05, 4.69) is 6.92 Å². The van der Waals surface area contributed by atoms with E-state index in [0.717, 1.165) is 19.3 Å². The molecule has 0 unspecified atom stereocenters. The lowest BCUT2D eigenvalue weighted by molar-refractivity contribution is -0.167. The molecule has 1 saturated heterocycles. The number of carbonyl (C=O) groups excluding carboxylic acids is 1. The maximum atomic E-state index is 11.3. The number of carbonyl (C=O) groups is 1. The second kappa shape index (κ2) is 13.8. The maximum Gasteiger partial charge on any atom is 0.335 e. The molecule has 1 fully saturated rings. The van der Waals surface area contributed by atoms with E-state index in [-0.39, 0.29) is 6.10 Å². The number of unbranched alkanes of at least 4 members (excludes halogenated alkanes) is 12. The average Bonchev–Trinajstić information content (AvgIpc) is 2.55. The molecule has 0 amide bonds. The van der Waals surface area contributed by atoms with Gasteiger partial charge in [0.15, 0.2) is 6.10 Å². The maximum absolute atomic E-state index is 11.3. The number of hydrogen-bond acceptors (Lipinski definition) is 3. The Kier molecular flexibility index (Phi) is 12.3. The van der Waals surface area contributed by atoms with E-state index in [1.54, 1.807) is 0 Å². The second-order valence-electron chi connectivity index (χ2n) is 7.18. The number of hydrogen-bond donors (Lipinski definition) is 1. The van der Waals surface area contributed by atoms with Gasteiger partial charge in [-0.3, -0.25) is 0 Å². The van der Waals surface area contributed by atoms with Gasteiger partial charge in [0, 0.05) is 0 Å². The van der Waals surface area contributed by atoms with Gasteiger partial charge in [-0.1, -0.05) is 84.0 Å². The number of esters is 1. The predicted molar refractivity (Wildman–Crippen MR) is 95.4 cm³/mol. The fraction of sp³-hybridized carbons (Fsp3) is 0.950. The van der Waals surface area contributed by atoms with Gasteiger partial charge in [-0.05, 0) is 25.7 Å². The Bertz CT molecular complexity index is 291. The Labute approximate surface area is 143 Å². The van der Waals surface area contributed by atoms with E-state index in [4.69, 9.17) is 4.74 Å². The smallest absolute Gasteiger partial charge is 0.335 e. The lowest BCUT2D eigenvalue weighted by Gasteiger charge is -2.25. The van der Waals surface area contributed by atoms with Crippen molar-refractivity contribution in [1.82, 2.24) is 0 Å². The summed E-state index contributed by atoms with van der Waals surface area (Å²) in [6.07, 6.45) is 19.2. The molecule has 0 aromatic carbocycles. The van der Waals surface area contributed by atoms with Crippen molar-refractivity contribution in [2.75, 3.05) is 0 Å². The van der Waals surface area contributed by atoms with Gasteiger partial charge in [-0.15, -0.1) is 0 Å². The average molecular weight is 327 g/mol. The van der Waals surface area contributed by atoms with Crippen LogP contribution in [0, 0.1) is 0 Å². The highest BCUT2D eigenvalue weighted by atomic mass is 16.6. The molecule has 1 rings (SSSR count). The summed E-state index contributed by atoms with van der Waals surface area (Å²) in [4.78, 5) is 11.3. The third kappa shape index (κ3) is 10.8. The Morgan fingerprint density at radius 2 is 1.30 bits per heavy atom. The lowest BCUT2D eigenvalue weighted by Crippen LogP contribution is -2.34. The van der Waals surface area contributed by atoms with Crippen LogP contribution in [0.3, 0.4) is 0 Å². The van der Waals surface area contributed by atoms with E-state index >= 15 is 0 Å². The van der Waals surface area contributed by atoms with Crippen LogP contribution in [0.4, 0.5) is 0 Å². The zero-order chi connectivity index (χ0) is 16.8. The molecule has 0 aliphatic carbocycles. The van der Waals surface area contributed by atoms with Crippen molar-refractivity contribution >= 4 is 5.97 Å². The Hall–Kier alpha value is -0.570. The minimum absolute atomic E-state index is 0.0543. The van der Waals surface area contributed by atoms with Crippen LogP contribution in [-0.4, -0.2) is 23.3 Å². The summed E-state index contributed by atoms with van der Waals surface area (Å²) in [6.45, 7) is 2.27. The van der Waals surface area contributed by atoms with E-state index in [1.807, 2.05) is 0 Å². The van der Waals surface area contributed by atoms with Crippen molar-refractivity contribution in [3.05, 3.63) is 0 Å². The molecule has 0 saturated carbocycles. The first-order valence-corrected chi connectivity index (χ1v) is 10.1. The van der Waals surface area contributed by atoms with Crippen molar-refractivity contribution in [1.29, 1.82) is 0 Å². The first kappa shape index (κ1) is 20.5. The summed E-state index contributed by atoms with van der Waals surface area (Å²) in [6, 6.07) is 0. The summed E-state index contributed by atoms with van der Waals surface area (Å²) in [7, 11) is 0. The predicted octanol–water partition coefficient (Wildman–Crippen LogP) is 5.53. The summed E-state index contributed by atoms with van der Waals surface area (Å²) < 4.78 is 5.22. The third-order valence-electron chi connectivity index (χ3n) is 4.95. The van der Waals surface area contributed by atoms with Gasteiger partial charge in [-0.2, -0.15) is 0 Å². The Morgan fingerprint density at radius 3 is 1.78 bits per heavy atom. The largest absolute Gasteiger partial charge is 0.460 e. The molecule has 3 heteroatoms. The molecule has 0 aromatic rings. The second-order valence-corrected chi connectivity index (χ2v) is 7.18. The van der Waals surface area contributed by atoms with Crippen molar-refractivity contribution in [2.24, 2.45) is 0 Å². The van der Waals surface area contributed by atoms with E-state index in [9.17, 15) is 9.90 Å². The number of aliphatic hydroxyl groups is 1. The van der Waals surface area contributed by atoms with E-state index in [1.165, 1.54) is 77.0 Å². The topological polar surface area (TPSA) is 46.5 Å². The highest BCUT2D eigenvalue weighted by Crippen LogP contribution is 2.20. The molecule has 23 heavy (non-hydrogen) atoms. The van der Waals surface area contributed by atoms with Gasteiger partial charge >= 0.3 is 5.97 Å². The van der Waals surface area contributed by atoms with Crippen molar-refractivity contribution in [2.45, 2.75) is 122 Å². The van der Waals surface area contributed by atoms with Crippen LogP contribution in [0.2, 0.25) is 0 Å². The van der Waals surface area contributed by atoms with Gasteiger partial charge in [0.05, 0.1) is 0 Å². The fourth-order valence-corrected chi connectivity index (χ4v) is 3.36. The zero-order valence-electron chi connectivity index (χ0n) is 15.2. The van der Waals surface area contributed by atoms with Crippen molar-refractivity contribution < 1.29 is 14.6 Å². The summed E-state index contributed by atoms with van der Waals surface area (Å²) in [5, 5.41) is 9.31. The van der Waals surface area contributed by atoms with Crippen LogP contribution in [0.25, 0.3) is 0 Å². The van der Waals surface area contributed by atoms with Crippen LogP contribution in [0.5, 0.6) is 0 Å². The standard InChI is InChI=1S/C20H38O3/c1-2-3-4-5-6-7-8-9-10-11-12-13-14-15-18-16-17-19(21)20(22)23-18/h18-19,21H,2-17H2,1H3/t18-,19-/m0/s1. The molecular formula is C20H38O3. The van der Waals surface area contributed by atoms with Crippen LogP contribution < -0.4 is 0 Å². The highest BCUT2D eigenvalue weighted by Gasteiger charge is 2.27. The SMILES string of the molecule is CCCCCCCCCCCCCCC[C@H]1CC[C@H](O)C(=O)O1. The molecular weight excluding hydrogens is 288 g/mol. The molecule has 3 nitrogen and oxygen atoms in total. The third-order valence-corrected chi connectivity index (χ3v) is 4.95. The molecule has 1 N–H and O–H groups in total. The van der Waals surface area contributed by atoms with Crippen LogP contribution in [0.1, 0.15) is 110 Å². The molecule has 0 radical (unpaired) electrons. The quantitative estimate of drug-likeness (QED) is 0.337. The summed E-state index contributed by atoms with van der Waals surface area (Å²) >= 11 is 0. The van der Waals surface area contributed by atoms with Crippen LogP contribution in [-0.2, 0) is 9.53 Å². The lowest BCUT2D eigenvalue weighted by atomic mass is 10.00. The molecule has 2 atom stereocenters. The van der Waals surface area contributed by atoms with Gasteiger partial charge < -0.3 is 9.84 Å². The van der Waals surface area contributed by atoms with Gasteiger partial charge in [-0.25, -0.2) is 4.79 Å². The molecule has 1 aliphatic rings. The fourth-order valence-electron chi connectivity index (χ4n) is 3.36. The Balaban J connectivity index is 1.77. The van der Waals surface area contributed by atoms with Gasteiger partial charge in [0.1, 0.15) is 6.10 Å². The molecule has 0 bridgehead atoms. The number of aliphatic hydroxyl groups excluding tert-OH is 1. The van der Waals surface area contributed by atoms with E-state index < -0.39 is 12.1 Å². The van der Waals surface area contributed by atoms with Gasteiger partial charge in [0.25, 0.3) is 0 Å².